The van der Waals surface area contributed by atoms with E-state index in [2.05, 4.69) is 5.32 Å². The molecule has 1 saturated heterocycles. The molecule has 17 heavy (non-hydrogen) atoms. The van der Waals surface area contributed by atoms with Gasteiger partial charge in [0.2, 0.25) is 11.8 Å². The predicted octanol–water partition coefficient (Wildman–Crippen LogP) is 1.44. The summed E-state index contributed by atoms with van der Waals surface area (Å²) < 4.78 is 0. The Morgan fingerprint density at radius 2 is 2.18 bits per heavy atom. The van der Waals surface area contributed by atoms with Crippen LogP contribution in [-0.2, 0) is 16.1 Å². The summed E-state index contributed by atoms with van der Waals surface area (Å²) >= 11 is 0. The summed E-state index contributed by atoms with van der Waals surface area (Å²) in [5.74, 6) is 0.0266. The van der Waals surface area contributed by atoms with Gasteiger partial charge in [0.25, 0.3) is 0 Å². The Balaban J connectivity index is 2.04. The number of carbonyl (C=O) groups is 2. The molecule has 2 amide bonds. The van der Waals surface area contributed by atoms with Crippen LogP contribution in [0.3, 0.4) is 0 Å². The van der Waals surface area contributed by atoms with Crippen molar-refractivity contribution in [3.8, 4) is 0 Å². The number of fused-ring (bicyclic) bond motifs is 2. The van der Waals surface area contributed by atoms with Gasteiger partial charge < -0.3 is 10.2 Å². The van der Waals surface area contributed by atoms with Crippen LogP contribution < -0.4 is 5.32 Å². The summed E-state index contributed by atoms with van der Waals surface area (Å²) in [5.41, 5.74) is 2.97. The number of hydrogen-bond donors (Lipinski definition) is 1. The Hall–Kier alpha value is -1.84. The number of benzene rings is 1. The molecule has 0 radical (unpaired) electrons. The van der Waals surface area contributed by atoms with Crippen molar-refractivity contribution in [2.24, 2.45) is 0 Å². The minimum absolute atomic E-state index is 0.0554. The zero-order chi connectivity index (χ0) is 12.0. The average molecular weight is 230 g/mol. The molecule has 1 unspecified atom stereocenters. The lowest BCUT2D eigenvalue weighted by Crippen LogP contribution is -2.38. The van der Waals surface area contributed by atoms with Crippen LogP contribution in [0.2, 0.25) is 0 Å². The van der Waals surface area contributed by atoms with Gasteiger partial charge in [-0.1, -0.05) is 12.1 Å². The lowest BCUT2D eigenvalue weighted by atomic mass is 10.1. The third kappa shape index (κ3) is 1.60. The molecule has 0 bridgehead atoms. The molecular formula is C13H14N2O2. The Bertz CT molecular complexity index is 510. The molecule has 0 aliphatic carbocycles. The first-order valence-corrected chi connectivity index (χ1v) is 5.85. The highest BCUT2D eigenvalue weighted by atomic mass is 16.2. The molecule has 1 N–H and O–H groups in total. The molecule has 2 aliphatic rings. The first kappa shape index (κ1) is 10.3. The van der Waals surface area contributed by atoms with Gasteiger partial charge in [-0.25, -0.2) is 0 Å². The molecule has 4 nitrogen and oxygen atoms in total. The van der Waals surface area contributed by atoms with Crippen molar-refractivity contribution in [1.82, 2.24) is 4.90 Å². The first-order valence-electron chi connectivity index (χ1n) is 5.85. The number of nitrogens with zero attached hydrogens (tertiary/aromatic N) is 1. The fourth-order valence-corrected chi connectivity index (χ4v) is 2.55. The van der Waals surface area contributed by atoms with E-state index in [0.29, 0.717) is 19.4 Å². The molecule has 0 spiro atoms. The van der Waals surface area contributed by atoms with E-state index < -0.39 is 0 Å². The van der Waals surface area contributed by atoms with Crippen molar-refractivity contribution in [3.05, 3.63) is 29.3 Å². The third-order valence-corrected chi connectivity index (χ3v) is 3.49. The van der Waals surface area contributed by atoms with Gasteiger partial charge in [-0.05, 0) is 30.5 Å². The standard InChI is InChI=1S/C13H14N2O2/c1-8-2-3-9-7-15-11(4-5-12(15)16)13(17)14-10(9)6-8/h2-3,6,11H,4-5,7H2,1H3,(H,14,17). The van der Waals surface area contributed by atoms with Gasteiger partial charge >= 0.3 is 0 Å². The van der Waals surface area contributed by atoms with Gasteiger partial charge in [-0.3, -0.25) is 9.59 Å². The van der Waals surface area contributed by atoms with E-state index in [-0.39, 0.29) is 17.9 Å². The van der Waals surface area contributed by atoms with Crippen LogP contribution in [-0.4, -0.2) is 22.8 Å². The summed E-state index contributed by atoms with van der Waals surface area (Å²) in [6, 6.07) is 5.67. The summed E-state index contributed by atoms with van der Waals surface area (Å²) in [7, 11) is 0. The van der Waals surface area contributed by atoms with E-state index in [0.717, 1.165) is 16.8 Å². The Labute approximate surface area is 99.6 Å². The molecule has 2 aliphatic heterocycles. The van der Waals surface area contributed by atoms with Crippen molar-refractivity contribution < 1.29 is 9.59 Å². The number of anilines is 1. The van der Waals surface area contributed by atoms with Crippen LogP contribution in [0.25, 0.3) is 0 Å². The van der Waals surface area contributed by atoms with Crippen LogP contribution in [0.4, 0.5) is 5.69 Å². The number of hydrogen-bond acceptors (Lipinski definition) is 2. The number of amides is 2. The summed E-state index contributed by atoms with van der Waals surface area (Å²) in [6.45, 7) is 2.53. The van der Waals surface area contributed by atoms with Crippen LogP contribution in [0, 0.1) is 6.92 Å². The van der Waals surface area contributed by atoms with E-state index in [1.54, 1.807) is 4.90 Å². The maximum atomic E-state index is 12.0. The number of nitrogens with one attached hydrogen (secondary N) is 1. The minimum Gasteiger partial charge on any atom is -0.326 e. The molecule has 1 fully saturated rings. The molecule has 1 atom stereocenters. The first-order chi connectivity index (χ1) is 8.15. The third-order valence-electron chi connectivity index (χ3n) is 3.49. The number of aryl methyl sites for hydroxylation is 1. The van der Waals surface area contributed by atoms with E-state index in [1.807, 2.05) is 25.1 Å². The highest BCUT2D eigenvalue weighted by molar-refractivity contribution is 6.00. The molecule has 2 heterocycles. The summed E-state index contributed by atoms with van der Waals surface area (Å²) in [5, 5.41) is 2.92. The van der Waals surface area contributed by atoms with Crippen molar-refractivity contribution >= 4 is 17.5 Å². The average Bonchev–Trinajstić information content (AvgIpc) is 2.57. The highest BCUT2D eigenvalue weighted by Gasteiger charge is 2.38. The highest BCUT2D eigenvalue weighted by Crippen LogP contribution is 2.29. The van der Waals surface area contributed by atoms with Crippen LogP contribution in [0.15, 0.2) is 18.2 Å². The Morgan fingerprint density at radius 1 is 1.35 bits per heavy atom. The lowest BCUT2D eigenvalue weighted by Gasteiger charge is -2.19. The molecule has 88 valence electrons. The van der Waals surface area contributed by atoms with E-state index in [4.69, 9.17) is 0 Å². The molecule has 3 rings (SSSR count). The Morgan fingerprint density at radius 3 is 3.00 bits per heavy atom. The van der Waals surface area contributed by atoms with Gasteiger partial charge in [0, 0.05) is 18.7 Å². The maximum Gasteiger partial charge on any atom is 0.247 e. The molecular weight excluding hydrogens is 216 g/mol. The van der Waals surface area contributed by atoms with Crippen molar-refractivity contribution in [2.45, 2.75) is 32.4 Å². The normalized spacial score (nSPS) is 22.9. The predicted molar refractivity (Wildman–Crippen MR) is 63.4 cm³/mol. The van der Waals surface area contributed by atoms with E-state index >= 15 is 0 Å². The lowest BCUT2D eigenvalue weighted by molar-refractivity contribution is -0.133. The second-order valence-corrected chi connectivity index (χ2v) is 4.73. The van der Waals surface area contributed by atoms with Crippen LogP contribution in [0.5, 0.6) is 0 Å². The summed E-state index contributed by atoms with van der Waals surface area (Å²) in [6.07, 6.45) is 1.12. The van der Waals surface area contributed by atoms with Crippen molar-refractivity contribution in [1.29, 1.82) is 0 Å². The fourth-order valence-electron chi connectivity index (χ4n) is 2.55. The van der Waals surface area contributed by atoms with Crippen molar-refractivity contribution in [3.63, 3.8) is 0 Å². The summed E-state index contributed by atoms with van der Waals surface area (Å²) in [4.78, 5) is 25.4. The number of rotatable bonds is 0. The van der Waals surface area contributed by atoms with Gasteiger partial charge in [-0.15, -0.1) is 0 Å². The van der Waals surface area contributed by atoms with Crippen LogP contribution in [0.1, 0.15) is 24.0 Å². The van der Waals surface area contributed by atoms with E-state index in [9.17, 15) is 9.59 Å². The van der Waals surface area contributed by atoms with Gasteiger partial charge in [0.05, 0.1) is 0 Å². The molecule has 4 heteroatoms. The number of carbonyl (C=O) groups excluding carboxylic acids is 2. The zero-order valence-corrected chi connectivity index (χ0v) is 9.69. The van der Waals surface area contributed by atoms with Crippen molar-refractivity contribution in [2.75, 3.05) is 5.32 Å². The molecule has 1 aromatic rings. The van der Waals surface area contributed by atoms with Gasteiger partial charge in [0.15, 0.2) is 0 Å². The second kappa shape index (κ2) is 3.58. The topological polar surface area (TPSA) is 49.4 Å². The van der Waals surface area contributed by atoms with Crippen LogP contribution >= 0.6 is 0 Å². The zero-order valence-electron chi connectivity index (χ0n) is 9.69. The largest absolute Gasteiger partial charge is 0.326 e. The van der Waals surface area contributed by atoms with E-state index in [1.165, 1.54) is 0 Å². The molecule has 1 aromatic carbocycles. The smallest absolute Gasteiger partial charge is 0.247 e. The van der Waals surface area contributed by atoms with Gasteiger partial charge in [0.1, 0.15) is 6.04 Å². The SMILES string of the molecule is Cc1ccc2c(c1)NC(=O)C1CCC(=O)N1C2. The Kier molecular flexibility index (Phi) is 2.18. The van der Waals surface area contributed by atoms with Gasteiger partial charge in [-0.2, -0.15) is 0 Å². The maximum absolute atomic E-state index is 12.0. The second-order valence-electron chi connectivity index (χ2n) is 4.73. The monoisotopic (exact) mass is 230 g/mol. The molecule has 0 saturated carbocycles. The fraction of sp³-hybridized carbons (Fsp3) is 0.385. The quantitative estimate of drug-likeness (QED) is 0.733. The molecule has 0 aromatic heterocycles. The minimum atomic E-state index is -0.282.